The van der Waals surface area contributed by atoms with Crippen molar-refractivity contribution in [2.45, 2.75) is 58.5 Å². The third kappa shape index (κ3) is 3.60. The largest absolute Gasteiger partial charge is 0.349 e. The monoisotopic (exact) mass is 316 g/mol. The third-order valence-corrected chi connectivity index (χ3v) is 4.30. The van der Waals surface area contributed by atoms with Crippen LogP contribution in [-0.2, 0) is 9.47 Å². The van der Waals surface area contributed by atoms with E-state index in [4.69, 9.17) is 9.47 Å². The lowest BCUT2D eigenvalue weighted by Crippen LogP contribution is -2.52. The van der Waals surface area contributed by atoms with Crippen LogP contribution in [-0.4, -0.2) is 35.7 Å². The van der Waals surface area contributed by atoms with E-state index >= 15 is 0 Å². The first-order chi connectivity index (χ1) is 10.8. The number of benzene rings is 1. The van der Waals surface area contributed by atoms with Crippen LogP contribution in [0.5, 0.6) is 0 Å². The molecule has 3 rings (SSSR count). The van der Waals surface area contributed by atoms with E-state index in [2.05, 4.69) is 74.8 Å². The molecule has 0 bridgehead atoms. The van der Waals surface area contributed by atoms with Crippen molar-refractivity contribution in [3.63, 3.8) is 0 Å². The summed E-state index contributed by atoms with van der Waals surface area (Å²) in [6.07, 6.45) is -0.206. The van der Waals surface area contributed by atoms with Crippen LogP contribution >= 0.6 is 0 Å². The molecule has 126 valence electrons. The molecule has 1 aromatic heterocycles. The predicted octanol–water partition coefficient (Wildman–Crippen LogP) is 3.64. The van der Waals surface area contributed by atoms with Gasteiger partial charge in [0.15, 0.2) is 6.29 Å². The van der Waals surface area contributed by atoms with Crippen LogP contribution in [0.2, 0.25) is 0 Å². The number of nitrogens with zero attached hydrogens (tertiary/aromatic N) is 1. The Morgan fingerprint density at radius 3 is 2.48 bits per heavy atom. The van der Waals surface area contributed by atoms with Gasteiger partial charge in [0.05, 0.1) is 25.3 Å². The molecule has 0 spiro atoms. The summed E-state index contributed by atoms with van der Waals surface area (Å²) in [6, 6.07) is 11.1. The van der Waals surface area contributed by atoms with Crippen molar-refractivity contribution < 1.29 is 9.47 Å². The molecule has 1 atom stereocenters. The van der Waals surface area contributed by atoms with Crippen LogP contribution in [0, 0.1) is 6.92 Å². The van der Waals surface area contributed by atoms with Crippen molar-refractivity contribution in [2.75, 3.05) is 13.2 Å². The molecule has 1 aliphatic heterocycles. The smallest absolute Gasteiger partial charge is 0.178 e. The molecule has 1 fully saturated rings. The van der Waals surface area contributed by atoms with Gasteiger partial charge in [-0.2, -0.15) is 0 Å². The Labute approximate surface area is 138 Å². The van der Waals surface area contributed by atoms with Crippen LogP contribution in [0.4, 0.5) is 0 Å². The van der Waals surface area contributed by atoms with Crippen LogP contribution in [0.1, 0.15) is 39.4 Å². The Bertz CT molecular complexity index is 664. The first-order valence-corrected chi connectivity index (χ1v) is 8.42. The molecule has 1 aliphatic rings. The molecule has 23 heavy (non-hydrogen) atoms. The maximum Gasteiger partial charge on any atom is 0.178 e. The highest BCUT2D eigenvalue weighted by molar-refractivity contribution is 5.81. The second-order valence-corrected chi connectivity index (χ2v) is 7.58. The molecule has 0 radical (unpaired) electrons. The highest BCUT2D eigenvalue weighted by atomic mass is 16.7. The minimum atomic E-state index is -0.206. The van der Waals surface area contributed by atoms with Crippen LogP contribution < -0.4 is 5.32 Å². The van der Waals surface area contributed by atoms with Gasteiger partial charge in [0.2, 0.25) is 0 Å². The summed E-state index contributed by atoms with van der Waals surface area (Å²) in [4.78, 5) is 0. The molecule has 0 aliphatic carbocycles. The molecule has 0 amide bonds. The first-order valence-electron chi connectivity index (χ1n) is 8.42. The highest BCUT2D eigenvalue weighted by Crippen LogP contribution is 2.28. The molecule has 1 aromatic carbocycles. The topological polar surface area (TPSA) is 35.4 Å². The number of nitrogens with one attached hydrogen (secondary N) is 1. The van der Waals surface area contributed by atoms with Gasteiger partial charge in [0, 0.05) is 16.7 Å². The van der Waals surface area contributed by atoms with Gasteiger partial charge < -0.3 is 19.4 Å². The average molecular weight is 316 g/mol. The Morgan fingerprint density at radius 1 is 1.17 bits per heavy atom. The second kappa shape index (κ2) is 6.27. The second-order valence-electron chi connectivity index (χ2n) is 7.58. The van der Waals surface area contributed by atoms with Crippen molar-refractivity contribution in [3.8, 4) is 0 Å². The van der Waals surface area contributed by atoms with Gasteiger partial charge in [-0.15, -0.1) is 0 Å². The summed E-state index contributed by atoms with van der Waals surface area (Å²) in [6.45, 7) is 12.2. The van der Waals surface area contributed by atoms with Crippen LogP contribution in [0.25, 0.3) is 10.9 Å². The van der Waals surface area contributed by atoms with Crippen molar-refractivity contribution >= 4 is 10.9 Å². The third-order valence-electron chi connectivity index (χ3n) is 4.30. The summed E-state index contributed by atoms with van der Waals surface area (Å²) in [5.41, 5.74) is 2.55. The minimum Gasteiger partial charge on any atom is -0.349 e. The van der Waals surface area contributed by atoms with Gasteiger partial charge in [-0.25, -0.2) is 0 Å². The molecule has 2 heterocycles. The zero-order valence-corrected chi connectivity index (χ0v) is 14.8. The van der Waals surface area contributed by atoms with Gasteiger partial charge in [0.25, 0.3) is 0 Å². The standard InChI is InChI=1S/C19H28N2O2/c1-13-10-15-8-6-7-9-17(15)21(13)14(2)18-22-11-16(12-23-18)20-19(3,4)5/h6-10,14,16,18,20H,11-12H2,1-5H3. The number of rotatable bonds is 3. The lowest BCUT2D eigenvalue weighted by Gasteiger charge is -2.37. The summed E-state index contributed by atoms with van der Waals surface area (Å²) in [7, 11) is 0. The average Bonchev–Trinajstić information content (AvgIpc) is 2.81. The summed E-state index contributed by atoms with van der Waals surface area (Å²) >= 11 is 0. The quantitative estimate of drug-likeness (QED) is 0.939. The van der Waals surface area contributed by atoms with Crippen molar-refractivity contribution in [1.82, 2.24) is 9.88 Å². The summed E-state index contributed by atoms with van der Waals surface area (Å²) in [5, 5.41) is 4.80. The zero-order chi connectivity index (χ0) is 16.6. The molecule has 1 unspecified atom stereocenters. The number of aromatic nitrogens is 1. The molecular weight excluding hydrogens is 288 g/mol. The Hall–Kier alpha value is -1.36. The number of ether oxygens (including phenoxy) is 2. The SMILES string of the molecule is Cc1cc2ccccc2n1C(C)C1OCC(NC(C)(C)C)CO1. The highest BCUT2D eigenvalue weighted by Gasteiger charge is 2.30. The Balaban J connectivity index is 1.72. The van der Waals surface area contributed by atoms with E-state index < -0.39 is 0 Å². The van der Waals surface area contributed by atoms with E-state index in [1.165, 1.54) is 16.6 Å². The number of hydrogen-bond acceptors (Lipinski definition) is 3. The zero-order valence-electron chi connectivity index (χ0n) is 14.8. The van der Waals surface area contributed by atoms with Gasteiger partial charge in [-0.05, 0) is 52.1 Å². The molecule has 1 saturated heterocycles. The molecule has 1 N–H and O–H groups in total. The number of fused-ring (bicyclic) bond motifs is 1. The first kappa shape index (κ1) is 16.5. The predicted molar refractivity (Wildman–Crippen MR) is 93.8 cm³/mol. The lowest BCUT2D eigenvalue weighted by molar-refractivity contribution is -0.209. The van der Waals surface area contributed by atoms with E-state index in [0.29, 0.717) is 13.2 Å². The maximum absolute atomic E-state index is 6.02. The molecular formula is C19H28N2O2. The summed E-state index contributed by atoms with van der Waals surface area (Å²) in [5.74, 6) is 0. The van der Waals surface area contributed by atoms with Gasteiger partial charge in [-0.3, -0.25) is 0 Å². The van der Waals surface area contributed by atoms with Gasteiger partial charge in [-0.1, -0.05) is 18.2 Å². The Morgan fingerprint density at radius 2 is 1.83 bits per heavy atom. The Kier molecular flexibility index (Phi) is 4.50. The fourth-order valence-corrected chi connectivity index (χ4v) is 3.47. The fourth-order valence-electron chi connectivity index (χ4n) is 3.47. The van der Waals surface area contributed by atoms with Crippen molar-refractivity contribution in [3.05, 3.63) is 36.0 Å². The van der Waals surface area contributed by atoms with Gasteiger partial charge >= 0.3 is 0 Å². The number of aryl methyl sites for hydroxylation is 1. The normalized spacial score (nSPS) is 24.0. The molecule has 4 nitrogen and oxygen atoms in total. The van der Waals surface area contributed by atoms with E-state index in [0.717, 1.165) is 0 Å². The molecule has 0 saturated carbocycles. The summed E-state index contributed by atoms with van der Waals surface area (Å²) < 4.78 is 14.4. The molecule has 2 aromatic rings. The van der Waals surface area contributed by atoms with E-state index in [1.807, 2.05) is 0 Å². The van der Waals surface area contributed by atoms with Gasteiger partial charge in [0.1, 0.15) is 0 Å². The lowest BCUT2D eigenvalue weighted by atomic mass is 10.1. The van der Waals surface area contributed by atoms with Crippen LogP contribution in [0.3, 0.4) is 0 Å². The van der Waals surface area contributed by atoms with E-state index in [1.54, 1.807) is 0 Å². The number of hydrogen-bond donors (Lipinski definition) is 1. The molecule has 4 heteroatoms. The van der Waals surface area contributed by atoms with E-state index in [-0.39, 0.29) is 23.9 Å². The van der Waals surface area contributed by atoms with Crippen molar-refractivity contribution in [1.29, 1.82) is 0 Å². The number of para-hydroxylation sites is 1. The minimum absolute atomic E-state index is 0.0725. The van der Waals surface area contributed by atoms with Crippen molar-refractivity contribution in [2.24, 2.45) is 0 Å². The van der Waals surface area contributed by atoms with E-state index in [9.17, 15) is 0 Å². The maximum atomic E-state index is 6.02. The fraction of sp³-hybridized carbons (Fsp3) is 0.579. The van der Waals surface area contributed by atoms with Crippen LogP contribution in [0.15, 0.2) is 30.3 Å².